The molecule has 1 atom stereocenters. The number of hydrogen-bond acceptors (Lipinski definition) is 3. The van der Waals surface area contributed by atoms with Gasteiger partial charge in [-0.2, -0.15) is 17.4 Å². The highest BCUT2D eigenvalue weighted by Crippen LogP contribution is 2.14. The van der Waals surface area contributed by atoms with Crippen molar-refractivity contribution in [2.24, 2.45) is 0 Å². The number of aliphatic hydroxyl groups excluding tert-OH is 1. The van der Waals surface area contributed by atoms with Crippen molar-refractivity contribution in [2.75, 3.05) is 13.1 Å². The lowest BCUT2D eigenvalue weighted by Gasteiger charge is -2.24. The largest absolute Gasteiger partial charge is 0.392 e. The Kier molecular flexibility index (Phi) is 3.20. The number of aliphatic hydroxyl groups is 1. The number of hydrogen-bond donors (Lipinski definition) is 2. The molecule has 0 bridgehead atoms. The maximum Gasteiger partial charge on any atom is 0.280 e. The Bertz CT molecular complexity index is 294. The van der Waals surface area contributed by atoms with Gasteiger partial charge in [0.15, 0.2) is 0 Å². The number of nitrogens with zero attached hydrogens (tertiary/aromatic N) is 1. The molecule has 0 unspecified atom stereocenters. The van der Waals surface area contributed by atoms with Crippen LogP contribution in [0.4, 0.5) is 0 Å². The van der Waals surface area contributed by atoms with E-state index in [0.717, 1.165) is 0 Å². The maximum absolute atomic E-state index is 11.7. The van der Waals surface area contributed by atoms with Crippen LogP contribution in [0.15, 0.2) is 0 Å². The molecule has 5 nitrogen and oxygen atoms in total. The predicted molar refractivity (Wildman–Crippen MR) is 54.0 cm³/mol. The van der Waals surface area contributed by atoms with Gasteiger partial charge in [0.2, 0.25) is 0 Å². The van der Waals surface area contributed by atoms with Crippen LogP contribution < -0.4 is 4.72 Å². The first kappa shape index (κ1) is 11.9. The third kappa shape index (κ3) is 3.20. The van der Waals surface area contributed by atoms with Crippen LogP contribution in [0, 0.1) is 0 Å². The zero-order valence-electron chi connectivity index (χ0n) is 8.82. The fraction of sp³-hybridized carbons (Fsp3) is 1.00. The second kappa shape index (κ2) is 3.77. The summed E-state index contributed by atoms with van der Waals surface area (Å²) in [7, 11) is -3.43. The summed E-state index contributed by atoms with van der Waals surface area (Å²) in [6.07, 6.45) is -0.00282. The normalized spacial score (nSPS) is 25.6. The van der Waals surface area contributed by atoms with Gasteiger partial charge in [-0.05, 0) is 27.2 Å². The number of nitrogens with one attached hydrogen (secondary N) is 1. The monoisotopic (exact) mass is 222 g/mol. The van der Waals surface area contributed by atoms with Crippen molar-refractivity contribution in [2.45, 2.75) is 38.8 Å². The van der Waals surface area contributed by atoms with Crippen molar-refractivity contribution in [1.82, 2.24) is 9.03 Å². The lowest BCUT2D eigenvalue weighted by Crippen LogP contribution is -2.48. The standard InChI is InChI=1S/C8H18N2O3S/c1-8(2,3)9-14(12,13)10-5-4-7(11)6-10/h7,9,11H,4-6H2,1-3H3/t7-/m1/s1. The molecule has 0 amide bonds. The Morgan fingerprint density at radius 3 is 2.36 bits per heavy atom. The molecule has 0 spiro atoms. The van der Waals surface area contributed by atoms with Crippen molar-refractivity contribution in [3.05, 3.63) is 0 Å². The fourth-order valence-electron chi connectivity index (χ4n) is 1.38. The summed E-state index contributed by atoms with van der Waals surface area (Å²) in [5, 5.41) is 9.23. The lowest BCUT2D eigenvalue weighted by atomic mass is 10.1. The molecule has 0 aromatic heterocycles. The van der Waals surface area contributed by atoms with Gasteiger partial charge in [0.1, 0.15) is 0 Å². The summed E-state index contributed by atoms with van der Waals surface area (Å²) in [4.78, 5) is 0. The minimum absolute atomic E-state index is 0.200. The van der Waals surface area contributed by atoms with Crippen LogP contribution in [0.25, 0.3) is 0 Å². The van der Waals surface area contributed by atoms with Gasteiger partial charge in [-0.15, -0.1) is 0 Å². The third-order valence-corrected chi connectivity index (χ3v) is 3.78. The number of rotatable bonds is 2. The lowest BCUT2D eigenvalue weighted by molar-refractivity contribution is 0.189. The molecule has 0 aromatic carbocycles. The summed E-state index contributed by atoms with van der Waals surface area (Å²) in [5.74, 6) is 0. The predicted octanol–water partition coefficient (Wildman–Crippen LogP) is -0.314. The van der Waals surface area contributed by atoms with Gasteiger partial charge >= 0.3 is 0 Å². The molecule has 0 aromatic rings. The average molecular weight is 222 g/mol. The quantitative estimate of drug-likeness (QED) is 0.673. The summed E-state index contributed by atoms with van der Waals surface area (Å²) in [6, 6.07) is 0. The van der Waals surface area contributed by atoms with Gasteiger partial charge in [-0.25, -0.2) is 0 Å². The van der Waals surface area contributed by atoms with Gasteiger partial charge in [-0.1, -0.05) is 0 Å². The van der Waals surface area contributed by atoms with Gasteiger partial charge in [0.05, 0.1) is 6.10 Å². The highest BCUT2D eigenvalue weighted by Gasteiger charge is 2.32. The Labute approximate surface area is 85.3 Å². The molecule has 84 valence electrons. The van der Waals surface area contributed by atoms with E-state index in [2.05, 4.69) is 4.72 Å². The molecule has 1 heterocycles. The van der Waals surface area contributed by atoms with Crippen molar-refractivity contribution in [3.63, 3.8) is 0 Å². The van der Waals surface area contributed by atoms with Crippen LogP contribution in [-0.2, 0) is 10.2 Å². The average Bonchev–Trinajstić information content (AvgIpc) is 2.29. The van der Waals surface area contributed by atoms with E-state index in [4.69, 9.17) is 0 Å². The van der Waals surface area contributed by atoms with E-state index in [1.807, 2.05) is 0 Å². The van der Waals surface area contributed by atoms with Crippen molar-refractivity contribution < 1.29 is 13.5 Å². The number of β-amino-alcohol motifs (C(OH)–C–C–N with tert-alkyl or cyclic N) is 1. The molecule has 0 radical (unpaired) electrons. The Morgan fingerprint density at radius 1 is 1.43 bits per heavy atom. The zero-order chi connectivity index (χ0) is 11.0. The maximum atomic E-state index is 11.7. The van der Waals surface area contributed by atoms with Gasteiger partial charge in [0.25, 0.3) is 10.2 Å². The molecule has 1 saturated heterocycles. The zero-order valence-corrected chi connectivity index (χ0v) is 9.63. The first-order chi connectivity index (χ1) is 6.21. The van der Waals surface area contributed by atoms with Crippen LogP contribution in [0.5, 0.6) is 0 Å². The van der Waals surface area contributed by atoms with E-state index in [1.54, 1.807) is 20.8 Å². The van der Waals surface area contributed by atoms with E-state index >= 15 is 0 Å². The smallest absolute Gasteiger partial charge is 0.280 e. The van der Waals surface area contributed by atoms with Crippen molar-refractivity contribution in [1.29, 1.82) is 0 Å². The van der Waals surface area contributed by atoms with Crippen molar-refractivity contribution >= 4 is 10.2 Å². The summed E-state index contributed by atoms with van der Waals surface area (Å²) < 4.78 is 27.2. The Hall–Kier alpha value is -0.170. The van der Waals surface area contributed by atoms with Crippen LogP contribution in [-0.4, -0.2) is 42.6 Å². The fourth-order valence-corrected chi connectivity index (χ4v) is 3.00. The van der Waals surface area contributed by atoms with E-state index in [0.29, 0.717) is 13.0 Å². The third-order valence-electron chi connectivity index (χ3n) is 1.90. The molecule has 14 heavy (non-hydrogen) atoms. The van der Waals surface area contributed by atoms with Gasteiger partial charge in [0, 0.05) is 18.6 Å². The second-order valence-corrected chi connectivity index (χ2v) is 6.33. The molecule has 1 fully saturated rings. The van der Waals surface area contributed by atoms with Gasteiger partial charge in [-0.3, -0.25) is 0 Å². The summed E-state index contributed by atoms with van der Waals surface area (Å²) >= 11 is 0. The van der Waals surface area contributed by atoms with E-state index < -0.39 is 21.9 Å². The van der Waals surface area contributed by atoms with Crippen LogP contribution in [0.1, 0.15) is 27.2 Å². The first-order valence-corrected chi connectivity index (χ1v) is 6.12. The first-order valence-electron chi connectivity index (χ1n) is 4.68. The molecule has 0 aliphatic carbocycles. The molecule has 0 saturated carbocycles. The second-order valence-electron chi connectivity index (χ2n) is 4.66. The summed E-state index contributed by atoms with van der Waals surface area (Å²) in [6.45, 7) is 5.96. The highest BCUT2D eigenvalue weighted by molar-refractivity contribution is 7.87. The minimum atomic E-state index is -3.43. The molecule has 1 rings (SSSR count). The highest BCUT2D eigenvalue weighted by atomic mass is 32.2. The van der Waals surface area contributed by atoms with Crippen LogP contribution in [0.2, 0.25) is 0 Å². The van der Waals surface area contributed by atoms with E-state index in [9.17, 15) is 13.5 Å². The van der Waals surface area contributed by atoms with E-state index in [1.165, 1.54) is 4.31 Å². The van der Waals surface area contributed by atoms with Crippen LogP contribution >= 0.6 is 0 Å². The molecule has 1 aliphatic heterocycles. The van der Waals surface area contributed by atoms with E-state index in [-0.39, 0.29) is 6.54 Å². The Balaban J connectivity index is 2.67. The minimum Gasteiger partial charge on any atom is -0.392 e. The molecular weight excluding hydrogens is 204 g/mol. The molecule has 1 aliphatic rings. The van der Waals surface area contributed by atoms with Crippen LogP contribution in [0.3, 0.4) is 0 Å². The topological polar surface area (TPSA) is 69.6 Å². The summed E-state index contributed by atoms with van der Waals surface area (Å²) in [5.41, 5.74) is -0.480. The molecular formula is C8H18N2O3S. The Morgan fingerprint density at radius 2 is 2.00 bits per heavy atom. The van der Waals surface area contributed by atoms with Crippen molar-refractivity contribution in [3.8, 4) is 0 Å². The SMILES string of the molecule is CC(C)(C)NS(=O)(=O)N1CC[C@@H](O)C1. The van der Waals surface area contributed by atoms with Gasteiger partial charge < -0.3 is 5.11 Å². The molecule has 2 N–H and O–H groups in total. The molecule has 6 heteroatoms.